The van der Waals surface area contributed by atoms with Crippen molar-refractivity contribution in [3.05, 3.63) is 59.4 Å². The van der Waals surface area contributed by atoms with Crippen LogP contribution in [-0.4, -0.2) is 44.0 Å². The number of hydrogen-bond donors (Lipinski definition) is 1. The maximum absolute atomic E-state index is 13.1. The number of esters is 1. The molecule has 140 valence electrons. The van der Waals surface area contributed by atoms with Crippen LogP contribution in [0.3, 0.4) is 0 Å². The molecule has 3 rings (SSSR count). The number of hydrogen-bond acceptors (Lipinski definition) is 6. The molecule has 2 aromatic rings. The maximum atomic E-state index is 13.1. The highest BCUT2D eigenvalue weighted by Crippen LogP contribution is 2.30. The third-order valence-electron chi connectivity index (χ3n) is 3.71. The Labute approximate surface area is 154 Å². The Kier molecular flexibility index (Phi) is 5.65. The fourth-order valence-electron chi connectivity index (χ4n) is 2.38. The molecule has 0 unspecified atom stereocenters. The van der Waals surface area contributed by atoms with Gasteiger partial charge >= 0.3 is 5.97 Å². The molecule has 0 radical (unpaired) electrons. The number of rotatable bonds is 6. The summed E-state index contributed by atoms with van der Waals surface area (Å²) >= 11 is 0. The van der Waals surface area contributed by atoms with Crippen LogP contribution >= 0.6 is 0 Å². The second-order valence-electron chi connectivity index (χ2n) is 5.64. The van der Waals surface area contributed by atoms with Crippen LogP contribution in [0.2, 0.25) is 0 Å². The Bertz CT molecular complexity index is 882. The minimum atomic E-state index is -0.786. The van der Waals surface area contributed by atoms with E-state index in [2.05, 4.69) is 5.32 Å². The molecule has 1 aliphatic heterocycles. The first kappa shape index (κ1) is 18.4. The van der Waals surface area contributed by atoms with E-state index in [4.69, 9.17) is 14.2 Å². The van der Waals surface area contributed by atoms with Crippen molar-refractivity contribution >= 4 is 17.7 Å². The zero-order chi connectivity index (χ0) is 19.2. The first-order valence-corrected chi connectivity index (χ1v) is 8.15. The second-order valence-corrected chi connectivity index (χ2v) is 5.64. The Hall–Kier alpha value is -3.42. The van der Waals surface area contributed by atoms with Crippen LogP contribution in [0.15, 0.2) is 42.5 Å². The van der Waals surface area contributed by atoms with Gasteiger partial charge in [0.05, 0.1) is 0 Å². The predicted octanol–water partition coefficient (Wildman–Crippen LogP) is 1.75. The summed E-state index contributed by atoms with van der Waals surface area (Å²) in [5.41, 5.74) is 0.394. The largest absolute Gasteiger partial charge is 0.486 e. The molecule has 0 saturated carbocycles. The molecule has 1 aliphatic rings. The lowest BCUT2D eigenvalue weighted by Crippen LogP contribution is -2.31. The van der Waals surface area contributed by atoms with Gasteiger partial charge in [0, 0.05) is 11.1 Å². The standard InChI is InChI=1S/C19H16FNO6/c20-14-3-1-2-13(8-14)19(24)21-10-18(23)27-11-15(22)12-4-5-16-17(9-12)26-7-6-25-16/h1-5,8-9H,6-7,10-11H2,(H,21,24). The summed E-state index contributed by atoms with van der Waals surface area (Å²) in [6.45, 7) is -0.0814. The van der Waals surface area contributed by atoms with E-state index in [1.165, 1.54) is 24.3 Å². The van der Waals surface area contributed by atoms with Gasteiger partial charge in [0.15, 0.2) is 23.9 Å². The fraction of sp³-hybridized carbons (Fsp3) is 0.211. The van der Waals surface area contributed by atoms with Crippen molar-refractivity contribution in [2.45, 2.75) is 0 Å². The van der Waals surface area contributed by atoms with E-state index in [9.17, 15) is 18.8 Å². The number of fused-ring (bicyclic) bond motifs is 1. The number of halogens is 1. The van der Waals surface area contributed by atoms with Crippen molar-refractivity contribution in [3.8, 4) is 11.5 Å². The summed E-state index contributed by atoms with van der Waals surface area (Å²) in [6, 6.07) is 9.73. The van der Waals surface area contributed by atoms with Crippen molar-refractivity contribution in [2.24, 2.45) is 0 Å². The maximum Gasteiger partial charge on any atom is 0.325 e. The third-order valence-corrected chi connectivity index (χ3v) is 3.71. The van der Waals surface area contributed by atoms with Crippen LogP contribution in [0, 0.1) is 5.82 Å². The SMILES string of the molecule is O=C(CNC(=O)c1cccc(F)c1)OCC(=O)c1ccc2c(c1)OCCO2. The molecule has 0 aliphatic carbocycles. The number of benzene rings is 2. The number of amides is 1. The fourth-order valence-corrected chi connectivity index (χ4v) is 2.38. The lowest BCUT2D eigenvalue weighted by molar-refractivity contribution is -0.141. The first-order chi connectivity index (χ1) is 13.0. The van der Waals surface area contributed by atoms with E-state index < -0.39 is 36.6 Å². The number of ketones is 1. The average Bonchev–Trinajstić information content (AvgIpc) is 2.69. The molecule has 0 saturated heterocycles. The quantitative estimate of drug-likeness (QED) is 0.613. The van der Waals surface area contributed by atoms with Crippen LogP contribution < -0.4 is 14.8 Å². The monoisotopic (exact) mass is 373 g/mol. The van der Waals surface area contributed by atoms with Crippen molar-refractivity contribution < 1.29 is 33.0 Å². The van der Waals surface area contributed by atoms with Crippen LogP contribution in [0.5, 0.6) is 11.5 Å². The van der Waals surface area contributed by atoms with Crippen molar-refractivity contribution in [1.82, 2.24) is 5.32 Å². The second kappa shape index (κ2) is 8.31. The van der Waals surface area contributed by atoms with E-state index in [-0.39, 0.29) is 5.56 Å². The highest BCUT2D eigenvalue weighted by atomic mass is 19.1. The van der Waals surface area contributed by atoms with Gasteiger partial charge in [-0.25, -0.2) is 4.39 Å². The minimum Gasteiger partial charge on any atom is -0.486 e. The van der Waals surface area contributed by atoms with Gasteiger partial charge in [-0.05, 0) is 36.4 Å². The van der Waals surface area contributed by atoms with Crippen LogP contribution in [0.4, 0.5) is 4.39 Å². The number of carbonyl (C=O) groups excluding carboxylic acids is 3. The summed E-state index contributed by atoms with van der Waals surface area (Å²) in [5, 5.41) is 2.30. The predicted molar refractivity (Wildman–Crippen MR) is 91.5 cm³/mol. The summed E-state index contributed by atoms with van der Waals surface area (Å²) in [4.78, 5) is 35.7. The van der Waals surface area contributed by atoms with Gasteiger partial charge in [0.2, 0.25) is 0 Å². The van der Waals surface area contributed by atoms with Crippen LogP contribution in [0.1, 0.15) is 20.7 Å². The molecule has 1 heterocycles. The molecule has 27 heavy (non-hydrogen) atoms. The summed E-state index contributed by atoms with van der Waals surface area (Å²) in [5.74, 6) is -1.38. The molecule has 0 fully saturated rings. The molecule has 1 N–H and O–H groups in total. The Morgan fingerprint density at radius 2 is 1.78 bits per heavy atom. The van der Waals surface area contributed by atoms with E-state index in [1.807, 2.05) is 0 Å². The number of Topliss-reactive ketones (excluding diaryl/α,β-unsaturated/α-hetero) is 1. The van der Waals surface area contributed by atoms with E-state index in [1.54, 1.807) is 12.1 Å². The number of carbonyl (C=O) groups is 3. The highest BCUT2D eigenvalue weighted by Gasteiger charge is 2.16. The molecule has 2 aromatic carbocycles. The van der Waals surface area contributed by atoms with Crippen molar-refractivity contribution in [3.63, 3.8) is 0 Å². The third kappa shape index (κ3) is 4.81. The topological polar surface area (TPSA) is 90.9 Å². The number of nitrogens with one attached hydrogen (secondary N) is 1. The van der Waals surface area contributed by atoms with Gasteiger partial charge < -0.3 is 19.5 Å². The summed E-state index contributed by atoms with van der Waals surface area (Å²) < 4.78 is 28.7. The van der Waals surface area contributed by atoms with E-state index in [0.29, 0.717) is 30.3 Å². The van der Waals surface area contributed by atoms with Gasteiger partial charge in [0.25, 0.3) is 5.91 Å². The van der Waals surface area contributed by atoms with Crippen LogP contribution in [-0.2, 0) is 9.53 Å². The average molecular weight is 373 g/mol. The van der Waals surface area contributed by atoms with Crippen LogP contribution in [0.25, 0.3) is 0 Å². The zero-order valence-electron chi connectivity index (χ0n) is 14.2. The molecule has 8 heteroatoms. The molecule has 0 bridgehead atoms. The van der Waals surface area contributed by atoms with E-state index >= 15 is 0 Å². The molecule has 0 atom stereocenters. The van der Waals surface area contributed by atoms with Gasteiger partial charge in [-0.15, -0.1) is 0 Å². The van der Waals surface area contributed by atoms with Gasteiger partial charge in [-0.2, -0.15) is 0 Å². The molecular weight excluding hydrogens is 357 g/mol. The summed E-state index contributed by atoms with van der Waals surface area (Å²) in [6.07, 6.45) is 0. The van der Waals surface area contributed by atoms with E-state index in [0.717, 1.165) is 6.07 Å². The lowest BCUT2D eigenvalue weighted by atomic mass is 10.1. The zero-order valence-corrected chi connectivity index (χ0v) is 14.2. The van der Waals surface area contributed by atoms with Gasteiger partial charge in [0.1, 0.15) is 25.6 Å². The first-order valence-electron chi connectivity index (χ1n) is 8.15. The minimum absolute atomic E-state index is 0.0788. The molecule has 0 aromatic heterocycles. The molecular formula is C19H16FNO6. The Balaban J connectivity index is 1.47. The lowest BCUT2D eigenvalue weighted by Gasteiger charge is -2.18. The van der Waals surface area contributed by atoms with Gasteiger partial charge in [-0.3, -0.25) is 14.4 Å². The number of ether oxygens (including phenoxy) is 3. The van der Waals surface area contributed by atoms with Gasteiger partial charge in [-0.1, -0.05) is 6.07 Å². The normalized spacial score (nSPS) is 12.2. The van der Waals surface area contributed by atoms with Crippen molar-refractivity contribution in [1.29, 1.82) is 0 Å². The Morgan fingerprint density at radius 1 is 1.00 bits per heavy atom. The highest BCUT2D eigenvalue weighted by molar-refractivity contribution is 5.99. The Morgan fingerprint density at radius 3 is 2.56 bits per heavy atom. The van der Waals surface area contributed by atoms with Crippen molar-refractivity contribution in [2.75, 3.05) is 26.4 Å². The smallest absolute Gasteiger partial charge is 0.325 e. The summed E-state index contributed by atoms with van der Waals surface area (Å²) in [7, 11) is 0. The molecule has 7 nitrogen and oxygen atoms in total. The molecule has 1 amide bonds. The molecule has 0 spiro atoms.